The van der Waals surface area contributed by atoms with Crippen molar-refractivity contribution in [3.8, 4) is 0 Å². The molecule has 1 aromatic carbocycles. The molecule has 3 rings (SSSR count). The van der Waals surface area contributed by atoms with Gasteiger partial charge < -0.3 is 14.6 Å². The number of rotatable bonds is 6. The van der Waals surface area contributed by atoms with E-state index in [0.717, 1.165) is 12.8 Å². The summed E-state index contributed by atoms with van der Waals surface area (Å²) < 4.78 is 37.4. The Bertz CT molecular complexity index is 839. The predicted molar refractivity (Wildman–Crippen MR) is 89.8 cm³/mol. The van der Waals surface area contributed by atoms with Gasteiger partial charge in [-0.15, -0.1) is 0 Å². The monoisotopic (exact) mass is 365 g/mol. The molecule has 1 atom stereocenters. The fourth-order valence-corrected chi connectivity index (χ4v) is 3.56. The molecule has 0 saturated carbocycles. The molecule has 0 radical (unpaired) electrons. The van der Waals surface area contributed by atoms with E-state index < -0.39 is 15.9 Å². The third-order valence-corrected chi connectivity index (χ3v) is 5.26. The summed E-state index contributed by atoms with van der Waals surface area (Å²) in [5, 5.41) is 6.25. The van der Waals surface area contributed by atoms with E-state index in [0.29, 0.717) is 23.7 Å². The Morgan fingerprint density at radius 1 is 1.32 bits per heavy atom. The van der Waals surface area contributed by atoms with Gasteiger partial charge in [0.2, 0.25) is 10.0 Å². The molecule has 1 saturated heterocycles. The first-order valence-electron chi connectivity index (χ1n) is 7.90. The molecule has 134 valence electrons. The van der Waals surface area contributed by atoms with Crippen LogP contribution in [0.5, 0.6) is 0 Å². The van der Waals surface area contributed by atoms with Crippen molar-refractivity contribution in [3.63, 3.8) is 0 Å². The van der Waals surface area contributed by atoms with Crippen LogP contribution in [0.2, 0.25) is 0 Å². The summed E-state index contributed by atoms with van der Waals surface area (Å²) in [4.78, 5) is 12.2. The first kappa shape index (κ1) is 17.6. The van der Waals surface area contributed by atoms with Gasteiger partial charge in [-0.1, -0.05) is 5.16 Å². The molecule has 0 aliphatic carbocycles. The number of anilines is 1. The van der Waals surface area contributed by atoms with Crippen LogP contribution in [0.3, 0.4) is 0 Å². The minimum Gasteiger partial charge on any atom is -0.377 e. The van der Waals surface area contributed by atoms with Crippen LogP contribution in [0.25, 0.3) is 0 Å². The summed E-state index contributed by atoms with van der Waals surface area (Å²) in [6.45, 7) is 2.63. The third-order valence-electron chi connectivity index (χ3n) is 3.82. The van der Waals surface area contributed by atoms with Crippen molar-refractivity contribution < 1.29 is 22.5 Å². The van der Waals surface area contributed by atoms with Gasteiger partial charge in [-0.05, 0) is 44.0 Å². The minimum atomic E-state index is -3.63. The van der Waals surface area contributed by atoms with E-state index in [1.165, 1.54) is 24.3 Å². The molecule has 0 spiro atoms. The van der Waals surface area contributed by atoms with Crippen molar-refractivity contribution in [2.24, 2.45) is 0 Å². The molecule has 0 bridgehead atoms. The molecule has 1 fully saturated rings. The third kappa shape index (κ3) is 4.44. The number of nitrogens with zero attached hydrogens (tertiary/aromatic N) is 1. The summed E-state index contributed by atoms with van der Waals surface area (Å²) in [5.41, 5.74) is 0.318. The smallest absolute Gasteiger partial charge is 0.256 e. The number of aryl methyl sites for hydroxylation is 1. The van der Waals surface area contributed by atoms with Gasteiger partial charge in [0.1, 0.15) is 5.76 Å². The summed E-state index contributed by atoms with van der Waals surface area (Å²) in [6.07, 6.45) is 1.72. The van der Waals surface area contributed by atoms with Gasteiger partial charge in [-0.3, -0.25) is 4.79 Å². The van der Waals surface area contributed by atoms with Crippen LogP contribution in [0, 0.1) is 6.92 Å². The van der Waals surface area contributed by atoms with Crippen molar-refractivity contribution in [2.75, 3.05) is 18.5 Å². The van der Waals surface area contributed by atoms with Gasteiger partial charge >= 0.3 is 0 Å². The fourth-order valence-electron chi connectivity index (χ4n) is 2.49. The molecule has 25 heavy (non-hydrogen) atoms. The number of hydrogen-bond donors (Lipinski definition) is 2. The maximum atomic E-state index is 12.3. The second-order valence-electron chi connectivity index (χ2n) is 5.79. The second kappa shape index (κ2) is 7.34. The maximum absolute atomic E-state index is 12.3. The summed E-state index contributed by atoms with van der Waals surface area (Å²) in [6, 6.07) is 7.26. The fraction of sp³-hybridized carbons (Fsp3) is 0.375. The quantitative estimate of drug-likeness (QED) is 0.806. The lowest BCUT2D eigenvalue weighted by Crippen LogP contribution is -2.31. The van der Waals surface area contributed by atoms with Crippen LogP contribution in [0.4, 0.5) is 5.82 Å². The molecule has 8 nitrogen and oxygen atoms in total. The molecule has 1 aliphatic heterocycles. The van der Waals surface area contributed by atoms with E-state index in [1.807, 2.05) is 0 Å². The average molecular weight is 365 g/mol. The summed E-state index contributed by atoms with van der Waals surface area (Å²) >= 11 is 0. The van der Waals surface area contributed by atoms with Crippen LogP contribution in [-0.4, -0.2) is 38.7 Å². The van der Waals surface area contributed by atoms with Crippen LogP contribution in [0.1, 0.15) is 29.0 Å². The average Bonchev–Trinajstić information content (AvgIpc) is 3.25. The number of amides is 1. The van der Waals surface area contributed by atoms with Gasteiger partial charge in [0.15, 0.2) is 5.82 Å². The number of hydrogen-bond acceptors (Lipinski definition) is 6. The SMILES string of the molecule is Cc1cc(NC(=O)c2ccc(S(=O)(=O)NCC3CCCO3)cc2)no1. The number of carbonyl (C=O) groups is 1. The number of nitrogens with one attached hydrogen (secondary N) is 2. The lowest BCUT2D eigenvalue weighted by molar-refractivity contribution is 0.102. The highest BCUT2D eigenvalue weighted by atomic mass is 32.2. The Morgan fingerprint density at radius 3 is 2.68 bits per heavy atom. The zero-order valence-electron chi connectivity index (χ0n) is 13.7. The lowest BCUT2D eigenvalue weighted by atomic mass is 10.2. The van der Waals surface area contributed by atoms with Crippen LogP contribution < -0.4 is 10.0 Å². The Morgan fingerprint density at radius 2 is 2.08 bits per heavy atom. The molecule has 1 aliphatic rings. The molecule has 2 heterocycles. The van der Waals surface area contributed by atoms with E-state index in [1.54, 1.807) is 13.0 Å². The molecular formula is C16H19N3O5S. The molecule has 1 aromatic heterocycles. The van der Waals surface area contributed by atoms with Crippen LogP contribution in [0.15, 0.2) is 39.8 Å². The Hall–Kier alpha value is -2.23. The topological polar surface area (TPSA) is 111 Å². The van der Waals surface area contributed by atoms with E-state index in [-0.39, 0.29) is 17.5 Å². The van der Waals surface area contributed by atoms with Gasteiger partial charge in [0.05, 0.1) is 11.0 Å². The van der Waals surface area contributed by atoms with E-state index in [4.69, 9.17) is 9.26 Å². The highest BCUT2D eigenvalue weighted by molar-refractivity contribution is 7.89. The zero-order valence-corrected chi connectivity index (χ0v) is 14.5. The van der Waals surface area contributed by atoms with Gasteiger partial charge in [0.25, 0.3) is 5.91 Å². The standard InChI is InChI=1S/C16H19N3O5S/c1-11-9-15(19-24-11)18-16(20)12-4-6-14(7-5-12)25(21,22)17-10-13-3-2-8-23-13/h4-7,9,13,17H,2-3,8,10H2,1H3,(H,18,19,20). The van der Waals surface area contributed by atoms with Crippen LogP contribution >= 0.6 is 0 Å². The first-order valence-corrected chi connectivity index (χ1v) is 9.38. The molecule has 9 heteroatoms. The number of carbonyl (C=O) groups excluding carboxylic acids is 1. The predicted octanol–water partition coefficient (Wildman–Crippen LogP) is 1.69. The van der Waals surface area contributed by atoms with Gasteiger partial charge in [0, 0.05) is 24.8 Å². The Kier molecular flexibility index (Phi) is 5.16. The number of aromatic nitrogens is 1. The normalized spacial score (nSPS) is 17.6. The van der Waals surface area contributed by atoms with E-state index in [9.17, 15) is 13.2 Å². The molecule has 1 amide bonds. The Labute approximate surface area is 145 Å². The second-order valence-corrected chi connectivity index (χ2v) is 7.56. The van der Waals surface area contributed by atoms with Crippen molar-refractivity contribution in [3.05, 3.63) is 41.7 Å². The highest BCUT2D eigenvalue weighted by Gasteiger charge is 2.20. The first-order chi connectivity index (χ1) is 11.9. The van der Waals surface area contributed by atoms with Crippen LogP contribution in [-0.2, 0) is 14.8 Å². The summed E-state index contributed by atoms with van der Waals surface area (Å²) in [5.74, 6) is 0.482. The maximum Gasteiger partial charge on any atom is 0.256 e. The van der Waals surface area contributed by atoms with Crippen molar-refractivity contribution in [1.82, 2.24) is 9.88 Å². The highest BCUT2D eigenvalue weighted by Crippen LogP contribution is 2.15. The lowest BCUT2D eigenvalue weighted by Gasteiger charge is -2.11. The Balaban J connectivity index is 1.63. The van der Waals surface area contributed by atoms with Gasteiger partial charge in [-0.25, -0.2) is 13.1 Å². The van der Waals surface area contributed by atoms with E-state index >= 15 is 0 Å². The molecule has 1 unspecified atom stereocenters. The largest absolute Gasteiger partial charge is 0.377 e. The number of sulfonamides is 1. The minimum absolute atomic E-state index is 0.0780. The van der Waals surface area contributed by atoms with Crippen molar-refractivity contribution in [1.29, 1.82) is 0 Å². The molecule has 2 N–H and O–H groups in total. The van der Waals surface area contributed by atoms with Crippen molar-refractivity contribution >= 4 is 21.7 Å². The summed E-state index contributed by atoms with van der Waals surface area (Å²) in [7, 11) is -3.63. The number of ether oxygens (including phenoxy) is 1. The molecule has 2 aromatic rings. The van der Waals surface area contributed by atoms with Crippen molar-refractivity contribution in [2.45, 2.75) is 30.8 Å². The number of benzene rings is 1. The van der Waals surface area contributed by atoms with E-state index in [2.05, 4.69) is 15.2 Å². The van der Waals surface area contributed by atoms with Gasteiger partial charge in [-0.2, -0.15) is 0 Å². The molecular weight excluding hydrogens is 346 g/mol. The zero-order chi connectivity index (χ0) is 17.9.